The van der Waals surface area contributed by atoms with Crippen molar-refractivity contribution in [3.63, 3.8) is 0 Å². The molecule has 0 aromatic carbocycles. The standard InChI is InChI=1S/C25H40N8O7S/c1-16(26)22(35)29-19(24(36)37)11-17-13-32(15-27-17)6-5-20(34)40-18(12-28-25(2,3)4)14-39-23-21(30-41-31-23)33-7-9-38-10-8-33/h13,15-16,18-19,28H,5-12,14,26H2,1-4H3,(H,29,35)(H,36,37)/t16?,18-,19?/m0/s1. The zero-order valence-corrected chi connectivity index (χ0v) is 24.7. The monoisotopic (exact) mass is 596 g/mol. The summed E-state index contributed by atoms with van der Waals surface area (Å²) >= 11 is 1.06. The van der Waals surface area contributed by atoms with Gasteiger partial charge in [0.1, 0.15) is 18.8 Å². The first-order valence-corrected chi connectivity index (χ1v) is 14.2. The number of carboxylic acids is 1. The average molecular weight is 597 g/mol. The summed E-state index contributed by atoms with van der Waals surface area (Å²) in [5.41, 5.74) is 5.76. The molecule has 3 rings (SSSR count). The molecule has 228 valence electrons. The van der Waals surface area contributed by atoms with Gasteiger partial charge in [0.15, 0.2) is 0 Å². The van der Waals surface area contributed by atoms with Crippen molar-refractivity contribution in [1.29, 1.82) is 0 Å². The Morgan fingerprint density at radius 3 is 2.63 bits per heavy atom. The minimum atomic E-state index is -1.19. The first-order valence-electron chi connectivity index (χ1n) is 13.4. The van der Waals surface area contributed by atoms with Gasteiger partial charge in [-0.3, -0.25) is 9.59 Å². The van der Waals surface area contributed by atoms with Crippen LogP contribution in [0.2, 0.25) is 0 Å². The molecule has 1 amide bonds. The largest absolute Gasteiger partial charge is 0.480 e. The zero-order valence-electron chi connectivity index (χ0n) is 23.9. The third-order valence-electron chi connectivity index (χ3n) is 6.02. The van der Waals surface area contributed by atoms with E-state index in [1.54, 1.807) is 10.8 Å². The van der Waals surface area contributed by atoms with Crippen molar-refractivity contribution in [3.8, 4) is 5.88 Å². The molecule has 2 aromatic heterocycles. The normalized spacial score (nSPS) is 16.1. The Kier molecular flexibility index (Phi) is 11.8. The number of rotatable bonds is 15. The topological polar surface area (TPSA) is 196 Å². The number of carbonyl (C=O) groups excluding carboxylic acids is 2. The summed E-state index contributed by atoms with van der Waals surface area (Å²) in [6.07, 6.45) is 2.58. The molecule has 0 radical (unpaired) electrons. The van der Waals surface area contributed by atoms with E-state index in [0.717, 1.165) is 11.7 Å². The lowest BCUT2D eigenvalue weighted by molar-refractivity contribution is -0.150. The number of aromatic nitrogens is 4. The number of imidazole rings is 1. The van der Waals surface area contributed by atoms with Gasteiger partial charge in [-0.1, -0.05) is 0 Å². The Bertz CT molecular complexity index is 1140. The van der Waals surface area contributed by atoms with Crippen LogP contribution in [0.4, 0.5) is 5.82 Å². The maximum atomic E-state index is 12.8. The van der Waals surface area contributed by atoms with E-state index in [2.05, 4.69) is 29.3 Å². The second-order valence-electron chi connectivity index (χ2n) is 10.8. The van der Waals surface area contributed by atoms with Gasteiger partial charge in [-0.15, -0.1) is 4.37 Å². The van der Waals surface area contributed by atoms with Gasteiger partial charge in [0.2, 0.25) is 11.7 Å². The van der Waals surface area contributed by atoms with E-state index < -0.39 is 36.0 Å². The Balaban J connectivity index is 1.54. The number of morpholine rings is 1. The summed E-state index contributed by atoms with van der Waals surface area (Å²) in [5.74, 6) is -1.13. The number of nitrogens with zero attached hydrogens (tertiary/aromatic N) is 5. The fourth-order valence-corrected chi connectivity index (χ4v) is 4.29. The smallest absolute Gasteiger partial charge is 0.326 e. The molecule has 2 aromatic rings. The van der Waals surface area contributed by atoms with Gasteiger partial charge in [0.25, 0.3) is 5.88 Å². The van der Waals surface area contributed by atoms with Crippen LogP contribution in [0.5, 0.6) is 5.88 Å². The molecule has 1 aliphatic rings. The van der Waals surface area contributed by atoms with E-state index in [0.29, 0.717) is 50.2 Å². The Labute approximate surface area is 243 Å². The molecule has 41 heavy (non-hydrogen) atoms. The summed E-state index contributed by atoms with van der Waals surface area (Å²) in [5, 5.41) is 15.2. The van der Waals surface area contributed by atoms with Crippen molar-refractivity contribution in [2.45, 2.75) is 70.8 Å². The minimum absolute atomic E-state index is 0.0267. The molecule has 5 N–H and O–H groups in total. The molecule has 3 atom stereocenters. The molecule has 0 saturated carbocycles. The summed E-state index contributed by atoms with van der Waals surface area (Å²) < 4.78 is 27.4. The molecule has 0 bridgehead atoms. The molecule has 1 saturated heterocycles. The SMILES string of the molecule is CC(N)C(=O)NC(Cc1cn(CCC(=O)O[C@@H](CNC(C)(C)C)COc2nsnc2N2CCOCC2)cn1)C(=O)O. The van der Waals surface area contributed by atoms with E-state index in [9.17, 15) is 19.5 Å². The predicted octanol–water partition coefficient (Wildman–Crippen LogP) is -0.201. The fourth-order valence-electron chi connectivity index (χ4n) is 3.77. The lowest BCUT2D eigenvalue weighted by Gasteiger charge is -2.27. The van der Waals surface area contributed by atoms with Gasteiger partial charge in [-0.2, -0.15) is 4.37 Å². The van der Waals surface area contributed by atoms with Crippen molar-refractivity contribution >= 4 is 35.4 Å². The van der Waals surface area contributed by atoms with E-state index in [-0.39, 0.29) is 31.5 Å². The second kappa shape index (κ2) is 15.0. The highest BCUT2D eigenvalue weighted by Gasteiger charge is 2.25. The van der Waals surface area contributed by atoms with Crippen molar-refractivity contribution in [3.05, 3.63) is 18.2 Å². The number of anilines is 1. The van der Waals surface area contributed by atoms with E-state index >= 15 is 0 Å². The predicted molar refractivity (Wildman–Crippen MR) is 150 cm³/mol. The van der Waals surface area contributed by atoms with Gasteiger partial charge in [0, 0.05) is 44.3 Å². The van der Waals surface area contributed by atoms with Gasteiger partial charge in [0.05, 0.1) is 49.4 Å². The van der Waals surface area contributed by atoms with Crippen LogP contribution >= 0.6 is 11.7 Å². The van der Waals surface area contributed by atoms with Crippen LogP contribution in [0.25, 0.3) is 0 Å². The van der Waals surface area contributed by atoms with Crippen LogP contribution in [0.1, 0.15) is 39.8 Å². The molecule has 1 fully saturated rings. The third kappa shape index (κ3) is 10.9. The Morgan fingerprint density at radius 2 is 1.98 bits per heavy atom. The number of carboxylic acid groups (broad SMARTS) is 1. The van der Waals surface area contributed by atoms with Crippen molar-refractivity contribution in [2.75, 3.05) is 44.4 Å². The molecular formula is C25H40N8O7S. The second-order valence-corrected chi connectivity index (χ2v) is 11.3. The highest BCUT2D eigenvalue weighted by atomic mass is 32.1. The number of amides is 1. The first kappa shape index (κ1) is 32.2. The van der Waals surface area contributed by atoms with Gasteiger partial charge in [-0.25, -0.2) is 9.78 Å². The summed E-state index contributed by atoms with van der Waals surface area (Å²) in [7, 11) is 0. The number of aryl methyl sites for hydroxylation is 1. The van der Waals surface area contributed by atoms with Crippen LogP contribution in [0, 0.1) is 0 Å². The van der Waals surface area contributed by atoms with Crippen molar-refractivity contribution in [2.24, 2.45) is 5.73 Å². The van der Waals surface area contributed by atoms with Gasteiger partial charge >= 0.3 is 11.9 Å². The van der Waals surface area contributed by atoms with Crippen LogP contribution in [0.15, 0.2) is 12.5 Å². The van der Waals surface area contributed by atoms with E-state index in [1.165, 1.54) is 13.3 Å². The van der Waals surface area contributed by atoms with Crippen LogP contribution in [-0.4, -0.2) is 104 Å². The highest BCUT2D eigenvalue weighted by Crippen LogP contribution is 2.26. The molecule has 16 heteroatoms. The number of aliphatic carboxylic acids is 1. The molecule has 0 aliphatic carbocycles. The van der Waals surface area contributed by atoms with Gasteiger partial charge < -0.3 is 45.2 Å². The van der Waals surface area contributed by atoms with Crippen LogP contribution < -0.4 is 26.0 Å². The Hall–Kier alpha value is -3.34. The highest BCUT2D eigenvalue weighted by molar-refractivity contribution is 6.99. The molecule has 3 heterocycles. The summed E-state index contributed by atoms with van der Waals surface area (Å²) in [6, 6.07) is -2.01. The van der Waals surface area contributed by atoms with Gasteiger partial charge in [-0.05, 0) is 27.7 Å². The molecule has 0 spiro atoms. The lowest BCUT2D eigenvalue weighted by Crippen LogP contribution is -2.48. The number of nitrogens with one attached hydrogen (secondary N) is 2. The number of esters is 1. The maximum Gasteiger partial charge on any atom is 0.326 e. The Morgan fingerprint density at radius 1 is 1.24 bits per heavy atom. The number of hydrogen-bond donors (Lipinski definition) is 4. The lowest BCUT2D eigenvalue weighted by atomic mass is 10.1. The molecular weight excluding hydrogens is 556 g/mol. The zero-order chi connectivity index (χ0) is 30.0. The summed E-state index contributed by atoms with van der Waals surface area (Å²) in [6.45, 7) is 10.9. The van der Waals surface area contributed by atoms with Crippen molar-refractivity contribution < 1.29 is 33.7 Å². The number of ether oxygens (including phenoxy) is 3. The molecule has 1 aliphatic heterocycles. The summed E-state index contributed by atoms with van der Waals surface area (Å²) in [4.78, 5) is 42.4. The van der Waals surface area contributed by atoms with E-state index in [1.807, 2.05) is 20.8 Å². The first-order chi connectivity index (χ1) is 19.4. The van der Waals surface area contributed by atoms with Crippen LogP contribution in [-0.2, 0) is 36.8 Å². The van der Waals surface area contributed by atoms with Crippen molar-refractivity contribution in [1.82, 2.24) is 28.9 Å². The third-order valence-corrected chi connectivity index (χ3v) is 6.52. The average Bonchev–Trinajstić information content (AvgIpc) is 3.58. The maximum absolute atomic E-state index is 12.8. The number of nitrogens with two attached hydrogens (primary N) is 1. The fraction of sp³-hybridized carbons (Fsp3) is 0.680. The molecule has 2 unspecified atom stereocenters. The molecule has 15 nitrogen and oxygen atoms in total. The number of hydrogen-bond acceptors (Lipinski definition) is 13. The number of carbonyl (C=O) groups is 3. The van der Waals surface area contributed by atoms with E-state index in [4.69, 9.17) is 19.9 Å². The quantitative estimate of drug-likeness (QED) is 0.198. The minimum Gasteiger partial charge on any atom is -0.480 e. The van der Waals surface area contributed by atoms with Crippen LogP contribution in [0.3, 0.4) is 0 Å².